The topological polar surface area (TPSA) is 77.0 Å². The molecular formula is C17H15BrN2O4. The molecule has 7 heteroatoms. The summed E-state index contributed by atoms with van der Waals surface area (Å²) in [7, 11) is 1.30. The van der Waals surface area contributed by atoms with E-state index in [1.807, 2.05) is 6.07 Å². The highest BCUT2D eigenvalue weighted by molar-refractivity contribution is 9.10. The number of hydrogen-bond acceptors (Lipinski definition) is 5. The van der Waals surface area contributed by atoms with Gasteiger partial charge in [0.25, 0.3) is 5.91 Å². The Morgan fingerprint density at radius 3 is 2.75 bits per heavy atom. The van der Waals surface area contributed by atoms with Gasteiger partial charge < -0.3 is 9.47 Å². The molecule has 1 N–H and O–H groups in total. The van der Waals surface area contributed by atoms with Crippen molar-refractivity contribution in [3.63, 3.8) is 0 Å². The Bertz CT molecular complexity index is 762. The second-order valence-corrected chi connectivity index (χ2v) is 5.53. The van der Waals surface area contributed by atoms with E-state index in [-0.39, 0.29) is 6.61 Å². The molecule has 0 fully saturated rings. The number of amides is 1. The van der Waals surface area contributed by atoms with E-state index in [0.717, 1.165) is 4.47 Å². The first kappa shape index (κ1) is 17.7. The van der Waals surface area contributed by atoms with Gasteiger partial charge in [0, 0.05) is 10.0 Å². The van der Waals surface area contributed by atoms with Crippen LogP contribution in [0.25, 0.3) is 0 Å². The molecule has 2 aromatic rings. The summed E-state index contributed by atoms with van der Waals surface area (Å²) in [5, 5.41) is 3.83. The second kappa shape index (κ2) is 8.83. The van der Waals surface area contributed by atoms with E-state index >= 15 is 0 Å². The first-order valence-corrected chi connectivity index (χ1v) is 7.77. The van der Waals surface area contributed by atoms with Gasteiger partial charge in [0.05, 0.1) is 18.9 Å². The molecule has 2 rings (SSSR count). The quantitative estimate of drug-likeness (QED) is 0.467. The Kier molecular flexibility index (Phi) is 6.51. The molecule has 1 amide bonds. The maximum Gasteiger partial charge on any atom is 0.338 e. The van der Waals surface area contributed by atoms with Crippen molar-refractivity contribution >= 4 is 34.0 Å². The van der Waals surface area contributed by atoms with Crippen LogP contribution in [0.5, 0.6) is 5.75 Å². The van der Waals surface area contributed by atoms with Crippen LogP contribution in [-0.4, -0.2) is 31.8 Å². The largest absolute Gasteiger partial charge is 0.484 e. The van der Waals surface area contributed by atoms with Crippen LogP contribution in [-0.2, 0) is 9.53 Å². The first-order chi connectivity index (χ1) is 11.6. The number of carbonyl (C=O) groups is 2. The lowest BCUT2D eigenvalue weighted by Crippen LogP contribution is -2.24. The minimum Gasteiger partial charge on any atom is -0.484 e. The molecule has 0 saturated carbocycles. The number of esters is 1. The van der Waals surface area contributed by atoms with Gasteiger partial charge in [0.15, 0.2) is 6.61 Å². The minimum absolute atomic E-state index is 0.174. The number of nitrogens with one attached hydrogen (secondary N) is 1. The molecule has 0 aromatic heterocycles. The van der Waals surface area contributed by atoms with Gasteiger partial charge in [0.1, 0.15) is 5.75 Å². The van der Waals surface area contributed by atoms with E-state index in [1.54, 1.807) is 42.5 Å². The van der Waals surface area contributed by atoms with Crippen LogP contribution in [0, 0.1) is 0 Å². The number of hydrazone groups is 1. The Morgan fingerprint density at radius 2 is 2.00 bits per heavy atom. The van der Waals surface area contributed by atoms with Crippen LogP contribution >= 0.6 is 15.9 Å². The van der Waals surface area contributed by atoms with Gasteiger partial charge in [0.2, 0.25) is 0 Å². The zero-order valence-electron chi connectivity index (χ0n) is 12.9. The van der Waals surface area contributed by atoms with Gasteiger partial charge >= 0.3 is 5.97 Å². The fourth-order valence-corrected chi connectivity index (χ4v) is 2.20. The molecule has 0 aliphatic heterocycles. The Morgan fingerprint density at radius 1 is 1.21 bits per heavy atom. The second-order valence-electron chi connectivity index (χ2n) is 4.62. The molecule has 6 nitrogen and oxygen atoms in total. The highest BCUT2D eigenvalue weighted by Crippen LogP contribution is 2.17. The van der Waals surface area contributed by atoms with E-state index in [0.29, 0.717) is 16.9 Å². The smallest absolute Gasteiger partial charge is 0.338 e. The lowest BCUT2D eigenvalue weighted by atomic mass is 10.1. The van der Waals surface area contributed by atoms with Crippen molar-refractivity contribution in [3.05, 3.63) is 64.1 Å². The normalized spacial score (nSPS) is 10.4. The molecule has 0 aliphatic rings. The SMILES string of the molecule is COC(=O)c1ccccc1/C=N\NC(=O)COc1cccc(Br)c1. The molecular weight excluding hydrogens is 376 g/mol. The van der Waals surface area contributed by atoms with Crippen molar-refractivity contribution < 1.29 is 19.1 Å². The molecule has 0 spiro atoms. The number of hydrogen-bond donors (Lipinski definition) is 1. The zero-order valence-corrected chi connectivity index (χ0v) is 14.4. The van der Waals surface area contributed by atoms with E-state index in [1.165, 1.54) is 13.3 Å². The number of rotatable bonds is 6. The van der Waals surface area contributed by atoms with Crippen molar-refractivity contribution in [1.29, 1.82) is 0 Å². The molecule has 0 bridgehead atoms. The number of ether oxygens (including phenoxy) is 2. The fraction of sp³-hybridized carbons (Fsp3) is 0.118. The van der Waals surface area contributed by atoms with Crippen molar-refractivity contribution in [3.8, 4) is 5.75 Å². The standard InChI is InChI=1S/C17H15BrN2O4/c1-23-17(22)15-8-3-2-5-12(15)10-19-20-16(21)11-24-14-7-4-6-13(18)9-14/h2-10H,11H2,1H3,(H,20,21)/b19-10-. The maximum atomic E-state index is 11.7. The summed E-state index contributed by atoms with van der Waals surface area (Å²) in [4.78, 5) is 23.3. The molecule has 0 saturated heterocycles. The molecule has 2 aromatic carbocycles. The van der Waals surface area contributed by atoms with Gasteiger partial charge in [-0.3, -0.25) is 4.79 Å². The van der Waals surface area contributed by atoms with Gasteiger partial charge in [-0.05, 0) is 24.3 Å². The van der Waals surface area contributed by atoms with E-state index < -0.39 is 11.9 Å². The van der Waals surface area contributed by atoms with Crippen molar-refractivity contribution in [2.24, 2.45) is 5.10 Å². The van der Waals surface area contributed by atoms with Crippen LogP contribution in [0.15, 0.2) is 58.1 Å². The molecule has 124 valence electrons. The summed E-state index contributed by atoms with van der Waals surface area (Å²) in [5.41, 5.74) is 3.25. The van der Waals surface area contributed by atoms with Gasteiger partial charge in [-0.15, -0.1) is 0 Å². The third kappa shape index (κ3) is 5.20. The Labute approximate surface area is 147 Å². The maximum absolute atomic E-state index is 11.7. The Hall–Kier alpha value is -2.67. The van der Waals surface area contributed by atoms with E-state index in [4.69, 9.17) is 4.74 Å². The number of benzene rings is 2. The molecule has 0 radical (unpaired) electrons. The Balaban J connectivity index is 1.90. The predicted molar refractivity (Wildman–Crippen MR) is 93.2 cm³/mol. The van der Waals surface area contributed by atoms with Crippen LogP contribution < -0.4 is 10.2 Å². The summed E-state index contributed by atoms with van der Waals surface area (Å²) in [6.45, 7) is -0.174. The van der Waals surface area contributed by atoms with Crippen LogP contribution in [0.4, 0.5) is 0 Å². The summed E-state index contributed by atoms with van der Waals surface area (Å²) in [6.07, 6.45) is 1.38. The summed E-state index contributed by atoms with van der Waals surface area (Å²) >= 11 is 3.32. The number of halogens is 1. The highest BCUT2D eigenvalue weighted by atomic mass is 79.9. The highest BCUT2D eigenvalue weighted by Gasteiger charge is 2.09. The third-order valence-electron chi connectivity index (χ3n) is 2.92. The van der Waals surface area contributed by atoms with Crippen LogP contribution in [0.3, 0.4) is 0 Å². The van der Waals surface area contributed by atoms with Gasteiger partial charge in [-0.2, -0.15) is 5.10 Å². The zero-order chi connectivity index (χ0) is 17.4. The molecule has 0 unspecified atom stereocenters. The van der Waals surface area contributed by atoms with Crippen LogP contribution in [0.2, 0.25) is 0 Å². The fourth-order valence-electron chi connectivity index (χ4n) is 1.82. The number of nitrogens with zero attached hydrogens (tertiary/aromatic N) is 1. The van der Waals surface area contributed by atoms with Crippen molar-refractivity contribution in [2.75, 3.05) is 13.7 Å². The predicted octanol–water partition coefficient (Wildman–Crippen LogP) is 2.76. The minimum atomic E-state index is -0.471. The average molecular weight is 391 g/mol. The molecule has 0 heterocycles. The molecule has 24 heavy (non-hydrogen) atoms. The number of carbonyl (C=O) groups excluding carboxylic acids is 2. The number of methoxy groups -OCH3 is 1. The van der Waals surface area contributed by atoms with Crippen molar-refractivity contribution in [2.45, 2.75) is 0 Å². The van der Waals surface area contributed by atoms with E-state index in [2.05, 4.69) is 31.2 Å². The van der Waals surface area contributed by atoms with Gasteiger partial charge in [-0.1, -0.05) is 40.2 Å². The van der Waals surface area contributed by atoms with Gasteiger partial charge in [-0.25, -0.2) is 10.2 Å². The van der Waals surface area contributed by atoms with E-state index in [9.17, 15) is 9.59 Å². The summed E-state index contributed by atoms with van der Waals surface area (Å²) in [6, 6.07) is 13.9. The lowest BCUT2D eigenvalue weighted by Gasteiger charge is -2.05. The summed E-state index contributed by atoms with van der Waals surface area (Å²) in [5.74, 6) is -0.317. The lowest BCUT2D eigenvalue weighted by molar-refractivity contribution is -0.123. The molecule has 0 aliphatic carbocycles. The monoisotopic (exact) mass is 390 g/mol. The van der Waals surface area contributed by atoms with Crippen LogP contribution in [0.1, 0.15) is 15.9 Å². The summed E-state index contributed by atoms with van der Waals surface area (Å²) < 4.78 is 10.9. The van der Waals surface area contributed by atoms with Crippen molar-refractivity contribution in [1.82, 2.24) is 5.43 Å². The third-order valence-corrected chi connectivity index (χ3v) is 3.42. The molecule has 0 atom stereocenters. The average Bonchev–Trinajstić information content (AvgIpc) is 2.60. The first-order valence-electron chi connectivity index (χ1n) is 6.98.